The predicted molar refractivity (Wildman–Crippen MR) is 75.5 cm³/mol. The molecule has 1 aromatic carbocycles. The minimum atomic E-state index is -0.475. The van der Waals surface area contributed by atoms with Crippen LogP contribution in [-0.2, 0) is 9.53 Å². The van der Waals surface area contributed by atoms with Gasteiger partial charge in [-0.05, 0) is 45.0 Å². The van der Waals surface area contributed by atoms with Gasteiger partial charge >= 0.3 is 5.97 Å². The summed E-state index contributed by atoms with van der Waals surface area (Å²) >= 11 is 0. The van der Waals surface area contributed by atoms with Gasteiger partial charge in [0.25, 0.3) is 5.91 Å². The van der Waals surface area contributed by atoms with Crippen LogP contribution in [0.2, 0.25) is 0 Å². The molecular formula is C15H19NO4. The van der Waals surface area contributed by atoms with Crippen LogP contribution in [0.3, 0.4) is 0 Å². The summed E-state index contributed by atoms with van der Waals surface area (Å²) in [5.74, 6) is -0.0501. The molecule has 1 aromatic rings. The Morgan fingerprint density at radius 1 is 1.15 bits per heavy atom. The number of esters is 1. The van der Waals surface area contributed by atoms with Gasteiger partial charge in [-0.15, -0.1) is 0 Å². The summed E-state index contributed by atoms with van der Waals surface area (Å²) in [6.07, 6.45) is 1.25. The van der Waals surface area contributed by atoms with Crippen LogP contribution in [0.25, 0.3) is 0 Å². The predicted octanol–water partition coefficient (Wildman–Crippen LogP) is 2.28. The van der Waals surface area contributed by atoms with E-state index in [0.29, 0.717) is 30.2 Å². The Balaban J connectivity index is 2.64. The molecule has 20 heavy (non-hydrogen) atoms. The van der Waals surface area contributed by atoms with E-state index in [0.717, 1.165) is 0 Å². The highest BCUT2D eigenvalue weighted by Crippen LogP contribution is 2.12. The van der Waals surface area contributed by atoms with Crippen molar-refractivity contribution in [1.82, 2.24) is 5.32 Å². The number of rotatable bonds is 6. The van der Waals surface area contributed by atoms with Gasteiger partial charge in [-0.3, -0.25) is 4.79 Å². The average molecular weight is 277 g/mol. The smallest absolute Gasteiger partial charge is 0.332 e. The first-order valence-corrected chi connectivity index (χ1v) is 6.46. The first-order valence-electron chi connectivity index (χ1n) is 6.46. The van der Waals surface area contributed by atoms with E-state index in [1.54, 1.807) is 38.1 Å². The molecule has 0 spiro atoms. The lowest BCUT2D eigenvalue weighted by Crippen LogP contribution is -2.22. The van der Waals surface area contributed by atoms with E-state index in [1.165, 1.54) is 6.08 Å². The third-order valence-corrected chi connectivity index (χ3v) is 2.36. The molecule has 5 heteroatoms. The number of nitrogens with one attached hydrogen (secondary N) is 1. The SMILES string of the molecule is CCOC(=O)/C=C(\C)NC(=O)c1ccc(OCC)cc1. The number of ether oxygens (including phenoxy) is 2. The number of carbonyl (C=O) groups is 2. The summed E-state index contributed by atoms with van der Waals surface area (Å²) in [6, 6.07) is 6.78. The number of hydrogen-bond acceptors (Lipinski definition) is 4. The van der Waals surface area contributed by atoms with Gasteiger partial charge in [-0.25, -0.2) is 4.79 Å². The zero-order chi connectivity index (χ0) is 15.0. The van der Waals surface area contributed by atoms with Crippen LogP contribution in [0.5, 0.6) is 5.75 Å². The molecule has 0 saturated heterocycles. The Morgan fingerprint density at radius 3 is 2.35 bits per heavy atom. The van der Waals surface area contributed by atoms with E-state index in [9.17, 15) is 9.59 Å². The Morgan fingerprint density at radius 2 is 1.80 bits per heavy atom. The van der Waals surface area contributed by atoms with Crippen molar-refractivity contribution in [2.45, 2.75) is 20.8 Å². The molecule has 0 atom stereocenters. The average Bonchev–Trinajstić information content (AvgIpc) is 2.39. The van der Waals surface area contributed by atoms with Gasteiger partial charge in [-0.2, -0.15) is 0 Å². The maximum atomic E-state index is 11.9. The molecule has 108 valence electrons. The molecule has 0 aliphatic heterocycles. The monoisotopic (exact) mass is 277 g/mol. The summed E-state index contributed by atoms with van der Waals surface area (Å²) in [6.45, 7) is 6.12. The summed E-state index contributed by atoms with van der Waals surface area (Å²) in [7, 11) is 0. The van der Waals surface area contributed by atoms with E-state index < -0.39 is 5.97 Å². The summed E-state index contributed by atoms with van der Waals surface area (Å²) in [4.78, 5) is 23.1. The number of carbonyl (C=O) groups excluding carboxylic acids is 2. The van der Waals surface area contributed by atoms with Crippen molar-refractivity contribution in [3.63, 3.8) is 0 Å². The fourth-order valence-electron chi connectivity index (χ4n) is 1.52. The van der Waals surface area contributed by atoms with Gasteiger partial charge in [0.2, 0.25) is 0 Å². The lowest BCUT2D eigenvalue weighted by molar-refractivity contribution is -0.137. The van der Waals surface area contributed by atoms with Gasteiger partial charge in [0.1, 0.15) is 5.75 Å². The second kappa shape index (κ2) is 7.99. The number of amides is 1. The van der Waals surface area contributed by atoms with E-state index >= 15 is 0 Å². The molecule has 5 nitrogen and oxygen atoms in total. The second-order valence-electron chi connectivity index (χ2n) is 3.99. The molecule has 0 saturated carbocycles. The van der Waals surface area contributed by atoms with Gasteiger partial charge in [0, 0.05) is 17.3 Å². The Labute approximate surface area is 118 Å². The normalized spacial score (nSPS) is 10.8. The summed E-state index contributed by atoms with van der Waals surface area (Å²) < 4.78 is 10.1. The minimum absolute atomic E-state index is 0.286. The largest absolute Gasteiger partial charge is 0.494 e. The molecule has 0 radical (unpaired) electrons. The Bertz CT molecular complexity index is 491. The van der Waals surface area contributed by atoms with E-state index in [-0.39, 0.29) is 5.91 Å². The highest BCUT2D eigenvalue weighted by molar-refractivity contribution is 5.96. The van der Waals surface area contributed by atoms with Gasteiger partial charge in [0.15, 0.2) is 0 Å². The molecule has 1 amide bonds. The molecular weight excluding hydrogens is 258 g/mol. The summed E-state index contributed by atoms with van der Waals surface area (Å²) in [5.41, 5.74) is 0.924. The third-order valence-electron chi connectivity index (χ3n) is 2.36. The van der Waals surface area contributed by atoms with E-state index in [1.807, 2.05) is 6.92 Å². The van der Waals surface area contributed by atoms with Crippen LogP contribution in [0.4, 0.5) is 0 Å². The molecule has 0 aliphatic rings. The standard InChI is InChI=1S/C15H19NO4/c1-4-19-13-8-6-12(7-9-13)15(18)16-11(3)10-14(17)20-5-2/h6-10H,4-5H2,1-3H3,(H,16,18)/b11-10+. The molecule has 0 aliphatic carbocycles. The lowest BCUT2D eigenvalue weighted by atomic mass is 10.2. The summed E-state index contributed by atoms with van der Waals surface area (Å²) in [5, 5.41) is 2.62. The van der Waals surface area contributed by atoms with Crippen molar-refractivity contribution in [3.05, 3.63) is 41.6 Å². The first-order chi connectivity index (χ1) is 9.56. The number of hydrogen-bond donors (Lipinski definition) is 1. The molecule has 1 rings (SSSR count). The molecule has 1 N–H and O–H groups in total. The molecule has 0 bridgehead atoms. The van der Waals surface area contributed by atoms with Crippen LogP contribution in [0, 0.1) is 0 Å². The lowest BCUT2D eigenvalue weighted by Gasteiger charge is -2.07. The van der Waals surface area contributed by atoms with Crippen molar-refractivity contribution in [2.24, 2.45) is 0 Å². The zero-order valence-electron chi connectivity index (χ0n) is 11.9. The molecule has 0 unspecified atom stereocenters. The zero-order valence-corrected chi connectivity index (χ0v) is 11.9. The topological polar surface area (TPSA) is 64.6 Å². The fourth-order valence-corrected chi connectivity index (χ4v) is 1.52. The van der Waals surface area contributed by atoms with Crippen molar-refractivity contribution >= 4 is 11.9 Å². The number of benzene rings is 1. The van der Waals surface area contributed by atoms with Crippen LogP contribution < -0.4 is 10.1 Å². The van der Waals surface area contributed by atoms with Crippen LogP contribution in [0.15, 0.2) is 36.0 Å². The van der Waals surface area contributed by atoms with Crippen LogP contribution >= 0.6 is 0 Å². The minimum Gasteiger partial charge on any atom is -0.494 e. The van der Waals surface area contributed by atoms with Crippen LogP contribution in [0.1, 0.15) is 31.1 Å². The van der Waals surface area contributed by atoms with Gasteiger partial charge in [-0.1, -0.05) is 0 Å². The number of allylic oxidation sites excluding steroid dienone is 1. The maximum Gasteiger partial charge on any atom is 0.332 e. The maximum absolute atomic E-state index is 11.9. The third kappa shape index (κ3) is 5.14. The first kappa shape index (κ1) is 15.8. The molecule has 0 fully saturated rings. The highest BCUT2D eigenvalue weighted by atomic mass is 16.5. The molecule has 0 heterocycles. The van der Waals surface area contributed by atoms with Crippen molar-refractivity contribution in [3.8, 4) is 5.75 Å². The van der Waals surface area contributed by atoms with Crippen molar-refractivity contribution in [1.29, 1.82) is 0 Å². The van der Waals surface area contributed by atoms with Crippen molar-refractivity contribution in [2.75, 3.05) is 13.2 Å². The van der Waals surface area contributed by atoms with Crippen LogP contribution in [-0.4, -0.2) is 25.1 Å². The Hall–Kier alpha value is -2.30. The molecule has 0 aromatic heterocycles. The van der Waals surface area contributed by atoms with Crippen molar-refractivity contribution < 1.29 is 19.1 Å². The van der Waals surface area contributed by atoms with E-state index in [2.05, 4.69) is 5.32 Å². The quantitative estimate of drug-likeness (QED) is 0.640. The fraction of sp³-hybridized carbons (Fsp3) is 0.333. The Kier molecular flexibility index (Phi) is 6.29. The van der Waals surface area contributed by atoms with E-state index in [4.69, 9.17) is 9.47 Å². The highest BCUT2D eigenvalue weighted by Gasteiger charge is 2.07. The second-order valence-corrected chi connectivity index (χ2v) is 3.99. The van der Waals surface area contributed by atoms with Gasteiger partial charge in [0.05, 0.1) is 13.2 Å². The van der Waals surface area contributed by atoms with Gasteiger partial charge < -0.3 is 14.8 Å².